The van der Waals surface area contributed by atoms with Crippen LogP contribution in [0.25, 0.3) is 136 Å². The van der Waals surface area contributed by atoms with E-state index in [2.05, 4.69) is 372 Å². The normalized spacial score (nSPS) is 11.6. The van der Waals surface area contributed by atoms with Crippen molar-refractivity contribution >= 4 is 120 Å². The highest BCUT2D eigenvalue weighted by molar-refractivity contribution is 7.26. The second-order valence-corrected chi connectivity index (χ2v) is 25.4. The number of para-hydroxylation sites is 1. The number of hydrogen-bond acceptors (Lipinski definition) is 3. The Hall–Kier alpha value is -12.1. The molecule has 0 aliphatic carbocycles. The average molecular weight is 1210 g/mol. The van der Waals surface area contributed by atoms with E-state index in [0.717, 1.165) is 72.9 Å². The molecule has 94 heavy (non-hydrogen) atoms. The Kier molecular flexibility index (Phi) is 13.4. The van der Waals surface area contributed by atoms with E-state index >= 15 is 0 Å². The zero-order valence-electron chi connectivity index (χ0n) is 51.3. The second-order valence-electron chi connectivity index (χ2n) is 24.4. The number of fused-ring (bicyclic) bond motifs is 12. The van der Waals surface area contributed by atoms with Crippen molar-refractivity contribution in [2.75, 3.05) is 9.80 Å². The molecular formula is C90H59N3S. The topological polar surface area (TPSA) is 11.4 Å². The molecular weight excluding hydrogens is 1160 g/mol. The van der Waals surface area contributed by atoms with Crippen LogP contribution < -0.4 is 9.80 Å². The molecule has 0 bridgehead atoms. The molecule has 16 aromatic carbocycles. The van der Waals surface area contributed by atoms with Crippen LogP contribution in [-0.2, 0) is 0 Å². The SMILES string of the molecule is c1ccc(-c2ccc(-c3ccc(N(c4ccc(-c5ccccc5)cc4)c4ccc5c(c4)c4cc(-c6ccc(N(c7ccccc7)c7ccc(-c8cccc9c8sc8ccccc89)cc7)cc6)ccc4n5-c4ccc5c6ccccc6c6ccccc6c5c4)cc3)cc2)cc1. The van der Waals surface area contributed by atoms with Crippen molar-refractivity contribution in [3.8, 4) is 61.3 Å². The number of aromatic nitrogens is 1. The van der Waals surface area contributed by atoms with E-state index in [9.17, 15) is 0 Å². The molecule has 0 aliphatic rings. The largest absolute Gasteiger partial charge is 0.311 e. The standard InChI is InChI=1S/C90H59N3S/c1-4-17-60(18-5-1)62-31-33-63(34-32-62)65-37-46-73(47-38-65)92(72-44-35-64(36-45-72)61-19-6-2-7-20-61)74-53-56-88-86(59-74)85-57-68(43-55-87(85)93(88)75-52-54-81-79-25-11-10-23-77(79)78-24-12-13-26-80(78)84(81)58-75)66-39-48-70(49-40-66)91(69-21-8-3-9-22-69)71-50-41-67(42-51-71)76-28-16-29-83-82-27-14-15-30-89(82)94-90(76)83/h1-59H. The summed E-state index contributed by atoms with van der Waals surface area (Å²) in [5.41, 5.74) is 21.7. The van der Waals surface area contributed by atoms with Gasteiger partial charge in [-0.3, -0.25) is 0 Å². The Morgan fingerprint density at radius 3 is 1.11 bits per heavy atom. The average Bonchev–Trinajstić information content (AvgIpc) is 1.24. The van der Waals surface area contributed by atoms with Crippen LogP contribution in [0.5, 0.6) is 0 Å². The Morgan fingerprint density at radius 1 is 0.202 bits per heavy atom. The van der Waals surface area contributed by atoms with Gasteiger partial charge in [0.05, 0.1) is 11.0 Å². The van der Waals surface area contributed by atoms with Crippen LogP contribution in [0.2, 0.25) is 0 Å². The maximum atomic E-state index is 2.48. The van der Waals surface area contributed by atoms with Gasteiger partial charge in [-0.15, -0.1) is 11.3 Å². The summed E-state index contributed by atoms with van der Waals surface area (Å²) in [7, 11) is 0. The molecule has 0 spiro atoms. The van der Waals surface area contributed by atoms with Crippen molar-refractivity contribution in [2.45, 2.75) is 0 Å². The highest BCUT2D eigenvalue weighted by atomic mass is 32.1. The predicted molar refractivity (Wildman–Crippen MR) is 403 cm³/mol. The van der Waals surface area contributed by atoms with Crippen molar-refractivity contribution in [1.82, 2.24) is 4.57 Å². The molecule has 18 aromatic rings. The molecule has 440 valence electrons. The van der Waals surface area contributed by atoms with Crippen molar-refractivity contribution < 1.29 is 0 Å². The van der Waals surface area contributed by atoms with E-state index in [0.29, 0.717) is 0 Å². The van der Waals surface area contributed by atoms with Crippen molar-refractivity contribution in [3.05, 3.63) is 358 Å². The summed E-state index contributed by atoms with van der Waals surface area (Å²) in [5.74, 6) is 0. The lowest BCUT2D eigenvalue weighted by atomic mass is 9.94. The highest BCUT2D eigenvalue weighted by Crippen LogP contribution is 2.46. The molecule has 0 saturated heterocycles. The van der Waals surface area contributed by atoms with Crippen molar-refractivity contribution in [3.63, 3.8) is 0 Å². The van der Waals surface area contributed by atoms with Crippen LogP contribution in [0, 0.1) is 0 Å². The predicted octanol–water partition coefficient (Wildman–Crippen LogP) is 25.9. The van der Waals surface area contributed by atoms with Gasteiger partial charge in [0, 0.05) is 70.8 Å². The molecule has 0 radical (unpaired) electrons. The van der Waals surface area contributed by atoms with Gasteiger partial charge in [-0.2, -0.15) is 0 Å². The zero-order valence-corrected chi connectivity index (χ0v) is 52.1. The number of nitrogens with zero attached hydrogens (tertiary/aromatic N) is 3. The third-order valence-corrected chi connectivity index (χ3v) is 20.2. The number of rotatable bonds is 12. The first-order valence-electron chi connectivity index (χ1n) is 32.2. The van der Waals surface area contributed by atoms with E-state index in [-0.39, 0.29) is 0 Å². The first kappa shape index (κ1) is 54.8. The van der Waals surface area contributed by atoms with E-state index in [1.54, 1.807) is 0 Å². The van der Waals surface area contributed by atoms with Gasteiger partial charge in [0.15, 0.2) is 0 Å². The molecule has 2 aromatic heterocycles. The van der Waals surface area contributed by atoms with Gasteiger partial charge in [-0.1, -0.05) is 249 Å². The van der Waals surface area contributed by atoms with Crippen LogP contribution in [0.1, 0.15) is 0 Å². The maximum Gasteiger partial charge on any atom is 0.0542 e. The molecule has 18 rings (SSSR count). The van der Waals surface area contributed by atoms with Gasteiger partial charge in [0.25, 0.3) is 0 Å². The lowest BCUT2D eigenvalue weighted by Crippen LogP contribution is -2.10. The van der Waals surface area contributed by atoms with E-state index in [1.807, 2.05) is 11.3 Å². The van der Waals surface area contributed by atoms with E-state index in [4.69, 9.17) is 0 Å². The van der Waals surface area contributed by atoms with Crippen LogP contribution in [0.3, 0.4) is 0 Å². The monoisotopic (exact) mass is 1210 g/mol. The minimum atomic E-state index is 1.07. The van der Waals surface area contributed by atoms with Crippen LogP contribution in [0.15, 0.2) is 358 Å². The first-order valence-corrected chi connectivity index (χ1v) is 33.0. The van der Waals surface area contributed by atoms with Crippen LogP contribution in [0.4, 0.5) is 34.1 Å². The molecule has 3 nitrogen and oxygen atoms in total. The number of anilines is 6. The lowest BCUT2D eigenvalue weighted by Gasteiger charge is -2.26. The Morgan fingerprint density at radius 2 is 0.564 bits per heavy atom. The fraction of sp³-hybridized carbons (Fsp3) is 0. The number of benzene rings is 16. The molecule has 0 atom stereocenters. The summed E-state index contributed by atoms with van der Waals surface area (Å²) in [6.45, 7) is 0. The van der Waals surface area contributed by atoms with Gasteiger partial charge < -0.3 is 14.4 Å². The molecule has 0 aliphatic heterocycles. The van der Waals surface area contributed by atoms with Gasteiger partial charge in [0.1, 0.15) is 0 Å². The van der Waals surface area contributed by atoms with Gasteiger partial charge in [-0.05, 0) is 197 Å². The third-order valence-electron chi connectivity index (χ3n) is 19.0. The smallest absolute Gasteiger partial charge is 0.0542 e. The molecule has 0 saturated carbocycles. The van der Waals surface area contributed by atoms with Gasteiger partial charge in [-0.25, -0.2) is 0 Å². The molecule has 0 amide bonds. The zero-order chi connectivity index (χ0) is 62.1. The number of hydrogen-bond donors (Lipinski definition) is 0. The molecule has 4 heteroatoms. The first-order chi connectivity index (χ1) is 46.6. The summed E-state index contributed by atoms with van der Waals surface area (Å²) in [6, 6.07) is 132. The second kappa shape index (κ2) is 23.0. The number of thiophene rings is 1. The summed E-state index contributed by atoms with van der Waals surface area (Å²) < 4.78 is 5.11. The van der Waals surface area contributed by atoms with Gasteiger partial charge >= 0.3 is 0 Å². The van der Waals surface area contributed by atoms with Gasteiger partial charge in [0.2, 0.25) is 0 Å². The molecule has 2 heterocycles. The van der Waals surface area contributed by atoms with Crippen LogP contribution >= 0.6 is 11.3 Å². The summed E-state index contributed by atoms with van der Waals surface area (Å²) in [6.07, 6.45) is 0. The van der Waals surface area contributed by atoms with Crippen molar-refractivity contribution in [2.24, 2.45) is 0 Å². The maximum absolute atomic E-state index is 2.48. The summed E-state index contributed by atoms with van der Waals surface area (Å²) >= 11 is 1.87. The summed E-state index contributed by atoms with van der Waals surface area (Å²) in [4.78, 5) is 4.77. The van der Waals surface area contributed by atoms with E-state index < -0.39 is 0 Å². The lowest BCUT2D eigenvalue weighted by molar-refractivity contribution is 1.18. The molecule has 0 unspecified atom stereocenters. The van der Waals surface area contributed by atoms with Crippen molar-refractivity contribution in [1.29, 1.82) is 0 Å². The minimum Gasteiger partial charge on any atom is -0.311 e. The molecule has 0 N–H and O–H groups in total. The Bertz CT molecular complexity index is 5820. The molecule has 0 fully saturated rings. The highest BCUT2D eigenvalue weighted by Gasteiger charge is 2.22. The fourth-order valence-electron chi connectivity index (χ4n) is 14.4. The fourth-order valence-corrected chi connectivity index (χ4v) is 15.6. The Labute approximate surface area is 549 Å². The van der Waals surface area contributed by atoms with Crippen LogP contribution in [-0.4, -0.2) is 4.57 Å². The Balaban J connectivity index is 0.767. The van der Waals surface area contributed by atoms with E-state index in [1.165, 1.54) is 96.8 Å². The quantitative estimate of drug-likeness (QED) is 0.113. The minimum absolute atomic E-state index is 1.07. The summed E-state index contributed by atoms with van der Waals surface area (Å²) in [5, 5.41) is 12.5. The third kappa shape index (κ3) is 9.58.